The van der Waals surface area contributed by atoms with Crippen molar-refractivity contribution in [1.82, 2.24) is 15.3 Å². The summed E-state index contributed by atoms with van der Waals surface area (Å²) in [7, 11) is 0. The van der Waals surface area contributed by atoms with E-state index in [0.29, 0.717) is 22.2 Å². The maximum absolute atomic E-state index is 12.2. The Morgan fingerprint density at radius 2 is 2.00 bits per heavy atom. The van der Waals surface area contributed by atoms with Gasteiger partial charge in [-0.1, -0.05) is 17.4 Å². The Hall–Kier alpha value is -2.67. The molecule has 0 spiro atoms. The number of carbonyl (C=O) groups excluding carboxylic acids is 1. The van der Waals surface area contributed by atoms with Crippen LogP contribution < -0.4 is 15.7 Å². The van der Waals surface area contributed by atoms with Crippen LogP contribution in [-0.4, -0.2) is 15.9 Å². The molecule has 0 bridgehead atoms. The summed E-state index contributed by atoms with van der Waals surface area (Å²) in [6.45, 7) is 0.247. The first-order valence-corrected chi connectivity index (χ1v) is 7.08. The predicted molar refractivity (Wildman–Crippen MR) is 80.7 cm³/mol. The van der Waals surface area contributed by atoms with Crippen LogP contribution >= 0.6 is 11.3 Å². The largest absolute Gasteiger partial charge is 0.346 e. The molecule has 0 fully saturated rings. The molecule has 0 radical (unpaired) electrons. The highest BCUT2D eigenvalue weighted by molar-refractivity contribution is 7.07. The van der Waals surface area contributed by atoms with Crippen molar-refractivity contribution in [2.45, 2.75) is 6.54 Å². The van der Waals surface area contributed by atoms with Gasteiger partial charge in [0.15, 0.2) is 0 Å². The van der Waals surface area contributed by atoms with E-state index in [1.165, 1.54) is 6.07 Å². The van der Waals surface area contributed by atoms with Crippen LogP contribution in [0.2, 0.25) is 0 Å². The van der Waals surface area contributed by atoms with Crippen molar-refractivity contribution in [2.75, 3.05) is 0 Å². The molecular weight excluding hydrogens is 290 g/mol. The summed E-state index contributed by atoms with van der Waals surface area (Å²) >= 11 is 1.05. The number of amides is 1. The minimum atomic E-state index is -0.264. The molecule has 2 heterocycles. The molecule has 1 aromatic carbocycles. The van der Waals surface area contributed by atoms with Crippen LogP contribution in [0.5, 0.6) is 0 Å². The second-order valence-corrected chi connectivity index (χ2v) is 5.29. The lowest BCUT2D eigenvalue weighted by molar-refractivity contribution is 0.0952. The number of hydrogen-bond acceptors (Lipinski definition) is 4. The molecule has 2 aromatic heterocycles. The molecule has 21 heavy (non-hydrogen) atoms. The number of pyridine rings is 1. The maximum atomic E-state index is 12.2. The third-order valence-corrected chi connectivity index (χ3v) is 3.74. The topological polar surface area (TPSA) is 94.8 Å². The lowest BCUT2D eigenvalue weighted by atomic mass is 10.1. The quantitative estimate of drug-likeness (QED) is 0.678. The number of aromatic nitrogens is 2. The van der Waals surface area contributed by atoms with Crippen molar-refractivity contribution in [1.29, 1.82) is 0 Å². The second-order valence-electron chi connectivity index (χ2n) is 4.45. The van der Waals surface area contributed by atoms with Crippen LogP contribution in [0.4, 0.5) is 0 Å². The molecule has 6 nitrogen and oxygen atoms in total. The highest BCUT2D eigenvalue weighted by atomic mass is 32.1. The van der Waals surface area contributed by atoms with Crippen molar-refractivity contribution < 1.29 is 4.79 Å². The summed E-state index contributed by atoms with van der Waals surface area (Å²) in [4.78, 5) is 39.7. The van der Waals surface area contributed by atoms with Gasteiger partial charge in [0, 0.05) is 33.6 Å². The molecule has 1 amide bonds. The Labute approximate surface area is 122 Å². The molecule has 0 aliphatic heterocycles. The molecule has 3 aromatic rings. The minimum Gasteiger partial charge on any atom is -0.346 e. The van der Waals surface area contributed by atoms with Crippen LogP contribution in [0, 0.1) is 0 Å². The fourth-order valence-corrected chi connectivity index (χ4v) is 2.64. The van der Waals surface area contributed by atoms with Crippen molar-refractivity contribution in [3.63, 3.8) is 0 Å². The number of carbonyl (C=O) groups is 1. The normalized spacial score (nSPS) is 10.7. The standard InChI is InChI=1S/C14H11N3O3S/c18-12-5-4-9-10(2-1-3-11(9)17-12)13(19)15-6-8-7-21-14(20)16-8/h1-5,7H,6H2,(H,15,19)(H,16,20)(H,17,18). The van der Waals surface area contributed by atoms with Crippen molar-refractivity contribution in [3.05, 3.63) is 67.0 Å². The maximum Gasteiger partial charge on any atom is 0.304 e. The van der Waals surface area contributed by atoms with Gasteiger partial charge >= 0.3 is 4.87 Å². The van der Waals surface area contributed by atoms with Gasteiger partial charge in [-0.3, -0.25) is 14.4 Å². The Morgan fingerprint density at radius 3 is 2.76 bits per heavy atom. The molecule has 0 aliphatic rings. The molecule has 0 saturated carbocycles. The summed E-state index contributed by atoms with van der Waals surface area (Å²) in [5.74, 6) is -0.264. The zero-order chi connectivity index (χ0) is 14.8. The highest BCUT2D eigenvalue weighted by Gasteiger charge is 2.10. The van der Waals surface area contributed by atoms with E-state index in [0.717, 1.165) is 11.3 Å². The van der Waals surface area contributed by atoms with Gasteiger partial charge in [0.2, 0.25) is 5.56 Å². The van der Waals surface area contributed by atoms with Crippen LogP contribution in [0.25, 0.3) is 10.9 Å². The highest BCUT2D eigenvalue weighted by Crippen LogP contribution is 2.15. The van der Waals surface area contributed by atoms with Crippen molar-refractivity contribution in [3.8, 4) is 0 Å². The number of H-pyrrole nitrogens is 2. The molecule has 3 rings (SSSR count). The van der Waals surface area contributed by atoms with Crippen LogP contribution in [-0.2, 0) is 6.54 Å². The van der Waals surface area contributed by atoms with E-state index in [1.54, 1.807) is 29.6 Å². The molecular formula is C14H11N3O3S. The van der Waals surface area contributed by atoms with Gasteiger partial charge in [0.25, 0.3) is 5.91 Å². The Balaban J connectivity index is 1.87. The zero-order valence-corrected chi connectivity index (χ0v) is 11.6. The lowest BCUT2D eigenvalue weighted by Gasteiger charge is -2.07. The third kappa shape index (κ3) is 2.77. The molecule has 0 unspecified atom stereocenters. The van der Waals surface area contributed by atoms with E-state index < -0.39 is 0 Å². The number of nitrogens with one attached hydrogen (secondary N) is 3. The van der Waals surface area contributed by atoms with Crippen LogP contribution in [0.15, 0.2) is 45.3 Å². The average Bonchev–Trinajstić information content (AvgIpc) is 2.89. The number of aromatic amines is 2. The molecule has 7 heteroatoms. The number of thiazole rings is 1. The molecule has 0 aliphatic carbocycles. The van der Waals surface area contributed by atoms with E-state index in [1.807, 2.05) is 0 Å². The smallest absolute Gasteiger partial charge is 0.304 e. The van der Waals surface area contributed by atoms with Crippen LogP contribution in [0.1, 0.15) is 16.1 Å². The molecule has 106 valence electrons. The lowest BCUT2D eigenvalue weighted by Crippen LogP contribution is -2.23. The summed E-state index contributed by atoms with van der Waals surface area (Å²) in [6, 6.07) is 8.14. The number of hydrogen-bond donors (Lipinski definition) is 3. The number of fused-ring (bicyclic) bond motifs is 1. The fourth-order valence-electron chi connectivity index (χ4n) is 2.06. The van der Waals surface area contributed by atoms with E-state index >= 15 is 0 Å². The van der Waals surface area contributed by atoms with Crippen molar-refractivity contribution in [2.24, 2.45) is 0 Å². The van der Waals surface area contributed by atoms with Crippen molar-refractivity contribution >= 4 is 28.1 Å². The number of benzene rings is 1. The van der Waals surface area contributed by atoms with Gasteiger partial charge in [-0.05, 0) is 18.2 Å². The van der Waals surface area contributed by atoms with E-state index in [9.17, 15) is 14.4 Å². The first kappa shape index (κ1) is 13.3. The van der Waals surface area contributed by atoms with Gasteiger partial charge in [-0.25, -0.2) is 0 Å². The van der Waals surface area contributed by atoms with E-state index in [2.05, 4.69) is 15.3 Å². The first-order chi connectivity index (χ1) is 10.1. The summed E-state index contributed by atoms with van der Waals surface area (Å²) in [5, 5.41) is 5.09. The Bertz CT molecular complexity index is 923. The molecule has 3 N–H and O–H groups in total. The third-order valence-electron chi connectivity index (χ3n) is 3.02. The van der Waals surface area contributed by atoms with Gasteiger partial charge in [0.1, 0.15) is 0 Å². The van der Waals surface area contributed by atoms with Gasteiger partial charge in [-0.2, -0.15) is 0 Å². The predicted octanol–water partition coefficient (Wildman–Crippen LogP) is 1.21. The minimum absolute atomic E-state index is 0.151. The average molecular weight is 301 g/mol. The zero-order valence-electron chi connectivity index (χ0n) is 10.8. The van der Waals surface area contributed by atoms with E-state index in [4.69, 9.17) is 0 Å². The van der Waals surface area contributed by atoms with Gasteiger partial charge < -0.3 is 15.3 Å². The van der Waals surface area contributed by atoms with Crippen LogP contribution in [0.3, 0.4) is 0 Å². The summed E-state index contributed by atoms with van der Waals surface area (Å²) < 4.78 is 0. The fraction of sp³-hybridized carbons (Fsp3) is 0.0714. The van der Waals surface area contributed by atoms with Gasteiger partial charge in [-0.15, -0.1) is 0 Å². The molecule has 0 atom stereocenters. The monoisotopic (exact) mass is 301 g/mol. The summed E-state index contributed by atoms with van der Waals surface area (Å²) in [5.41, 5.74) is 1.53. The Kier molecular flexibility index (Phi) is 3.41. The SMILES string of the molecule is O=C(NCc1csc(=O)[nH]1)c1cccc2[nH]c(=O)ccc12. The van der Waals surface area contributed by atoms with Gasteiger partial charge in [0.05, 0.1) is 6.54 Å². The number of rotatable bonds is 3. The van der Waals surface area contributed by atoms with E-state index in [-0.39, 0.29) is 22.9 Å². The summed E-state index contributed by atoms with van der Waals surface area (Å²) in [6.07, 6.45) is 0. The second kappa shape index (κ2) is 5.37. The molecule has 0 saturated heterocycles. The Morgan fingerprint density at radius 1 is 1.14 bits per heavy atom. The first-order valence-electron chi connectivity index (χ1n) is 6.20.